The minimum absolute atomic E-state index is 0.241. The van der Waals surface area contributed by atoms with Gasteiger partial charge in [-0.15, -0.1) is 0 Å². The molecule has 2 aromatic carbocycles. The van der Waals surface area contributed by atoms with E-state index in [1.807, 2.05) is 6.07 Å². The number of ether oxygens (including phenoxy) is 1. The summed E-state index contributed by atoms with van der Waals surface area (Å²) in [5.41, 5.74) is 2.44. The zero-order chi connectivity index (χ0) is 27.1. The van der Waals surface area contributed by atoms with E-state index >= 15 is 0 Å². The number of benzene rings is 2. The Labute approximate surface area is 225 Å². The van der Waals surface area contributed by atoms with Crippen LogP contribution in [0.25, 0.3) is 21.8 Å². The summed E-state index contributed by atoms with van der Waals surface area (Å²) >= 11 is 0. The normalized spacial score (nSPS) is 21.5. The van der Waals surface area contributed by atoms with E-state index in [2.05, 4.69) is 44.8 Å². The summed E-state index contributed by atoms with van der Waals surface area (Å²) in [6.07, 6.45) is 4.50. The maximum absolute atomic E-state index is 14.7. The standard InChI is InChI=1S/C28H33FN8O2/c1-16-12-37(13-17(2)32-16)24-5-4-21(26-22(24)11-31-28(34-26)39-15-18-6-7-30-10-18)27(38)33-20-8-19-14-36(3)35-25(19)23(29)9-20/h4-5,8-9,11,14,16-18,30,32H,6-7,10,12-13,15H2,1-3H3,(H,33,38)/t16-,17+,18?. The van der Waals surface area contributed by atoms with Gasteiger partial charge in [0.1, 0.15) is 5.52 Å². The number of fused-ring (bicyclic) bond motifs is 2. The predicted molar refractivity (Wildman–Crippen MR) is 149 cm³/mol. The molecule has 2 aliphatic rings. The number of anilines is 2. The summed E-state index contributed by atoms with van der Waals surface area (Å²) in [6.45, 7) is 8.35. The topological polar surface area (TPSA) is 109 Å². The number of piperazine rings is 1. The van der Waals surface area contributed by atoms with Gasteiger partial charge in [-0.05, 0) is 51.1 Å². The van der Waals surface area contributed by atoms with Crippen LogP contribution in [0.3, 0.4) is 0 Å². The Hall–Kier alpha value is -3.83. The average molecular weight is 533 g/mol. The fraction of sp³-hybridized carbons (Fsp3) is 0.429. The van der Waals surface area contributed by atoms with Crippen LogP contribution in [-0.2, 0) is 7.05 Å². The molecule has 2 saturated heterocycles. The van der Waals surface area contributed by atoms with Crippen LogP contribution >= 0.6 is 0 Å². The number of nitrogens with one attached hydrogen (secondary N) is 3. The molecule has 1 unspecified atom stereocenters. The van der Waals surface area contributed by atoms with Gasteiger partial charge in [0.2, 0.25) is 0 Å². The molecule has 2 fully saturated rings. The average Bonchev–Trinajstić information content (AvgIpc) is 3.55. The fourth-order valence-electron chi connectivity index (χ4n) is 5.67. The lowest BCUT2D eigenvalue weighted by Gasteiger charge is -2.38. The van der Waals surface area contributed by atoms with Gasteiger partial charge in [-0.25, -0.2) is 9.37 Å². The number of carbonyl (C=O) groups is 1. The zero-order valence-corrected chi connectivity index (χ0v) is 22.4. The second-order valence-electron chi connectivity index (χ2n) is 10.7. The number of halogens is 1. The molecule has 10 nitrogen and oxygen atoms in total. The Kier molecular flexibility index (Phi) is 6.78. The van der Waals surface area contributed by atoms with Crippen LogP contribution in [0.1, 0.15) is 30.6 Å². The Balaban J connectivity index is 1.36. The first kappa shape index (κ1) is 25.4. The molecule has 39 heavy (non-hydrogen) atoms. The van der Waals surface area contributed by atoms with E-state index in [0.29, 0.717) is 46.8 Å². The van der Waals surface area contributed by atoms with Gasteiger partial charge in [0, 0.05) is 79.2 Å². The third kappa shape index (κ3) is 5.24. The first-order valence-electron chi connectivity index (χ1n) is 13.4. The molecule has 4 aromatic rings. The van der Waals surface area contributed by atoms with E-state index in [4.69, 9.17) is 9.72 Å². The Morgan fingerprint density at radius 1 is 1.21 bits per heavy atom. The van der Waals surface area contributed by atoms with Gasteiger partial charge in [-0.3, -0.25) is 9.48 Å². The number of amides is 1. The predicted octanol–water partition coefficient (Wildman–Crippen LogP) is 3.08. The van der Waals surface area contributed by atoms with E-state index < -0.39 is 5.82 Å². The molecule has 2 aliphatic heterocycles. The molecule has 0 radical (unpaired) electrons. The van der Waals surface area contributed by atoms with E-state index in [1.165, 1.54) is 6.07 Å². The van der Waals surface area contributed by atoms with Crippen molar-refractivity contribution in [2.45, 2.75) is 32.4 Å². The third-order valence-electron chi connectivity index (χ3n) is 7.39. The van der Waals surface area contributed by atoms with E-state index in [1.54, 1.807) is 36.3 Å². The first-order chi connectivity index (χ1) is 18.8. The van der Waals surface area contributed by atoms with Gasteiger partial charge in [0.15, 0.2) is 5.82 Å². The minimum Gasteiger partial charge on any atom is -0.463 e. The third-order valence-corrected chi connectivity index (χ3v) is 7.39. The lowest BCUT2D eigenvalue weighted by molar-refractivity contribution is 0.102. The molecule has 4 heterocycles. The van der Waals surface area contributed by atoms with E-state index in [-0.39, 0.29) is 17.4 Å². The lowest BCUT2D eigenvalue weighted by atomic mass is 10.0. The van der Waals surface area contributed by atoms with Gasteiger partial charge in [0.05, 0.1) is 17.7 Å². The summed E-state index contributed by atoms with van der Waals surface area (Å²) < 4.78 is 22.2. The van der Waals surface area contributed by atoms with Crippen LogP contribution in [-0.4, -0.2) is 70.5 Å². The monoisotopic (exact) mass is 532 g/mol. The number of rotatable bonds is 6. The van der Waals surface area contributed by atoms with Crippen molar-refractivity contribution >= 4 is 39.1 Å². The molecule has 0 spiro atoms. The molecule has 3 atom stereocenters. The molecule has 6 rings (SSSR count). The van der Waals surface area contributed by atoms with Crippen LogP contribution in [0.15, 0.2) is 36.7 Å². The second-order valence-corrected chi connectivity index (χ2v) is 10.7. The molecule has 1 amide bonds. The molecule has 204 valence electrons. The Morgan fingerprint density at radius 2 is 2.03 bits per heavy atom. The highest BCUT2D eigenvalue weighted by Crippen LogP contribution is 2.31. The van der Waals surface area contributed by atoms with Gasteiger partial charge in [-0.1, -0.05) is 0 Å². The summed E-state index contributed by atoms with van der Waals surface area (Å²) in [6, 6.07) is 7.59. The molecular formula is C28H33FN8O2. The molecular weight excluding hydrogens is 499 g/mol. The quantitative estimate of drug-likeness (QED) is 0.348. The molecule has 0 aliphatic carbocycles. The van der Waals surface area contributed by atoms with Crippen molar-refractivity contribution in [2.75, 3.05) is 43.0 Å². The van der Waals surface area contributed by atoms with E-state index in [9.17, 15) is 9.18 Å². The highest BCUT2D eigenvalue weighted by molar-refractivity contribution is 6.14. The minimum atomic E-state index is -0.495. The van der Waals surface area contributed by atoms with Crippen molar-refractivity contribution in [3.05, 3.63) is 48.0 Å². The summed E-state index contributed by atoms with van der Waals surface area (Å²) in [5.74, 6) is -0.481. The van der Waals surface area contributed by atoms with Crippen LogP contribution in [0, 0.1) is 11.7 Å². The Bertz CT molecular complexity index is 1520. The van der Waals surface area contributed by atoms with Crippen LogP contribution in [0.5, 0.6) is 6.01 Å². The van der Waals surface area contributed by atoms with Crippen molar-refractivity contribution in [1.82, 2.24) is 30.4 Å². The van der Waals surface area contributed by atoms with Gasteiger partial charge >= 0.3 is 6.01 Å². The highest BCUT2D eigenvalue weighted by Gasteiger charge is 2.25. The number of carbonyl (C=O) groups excluding carboxylic acids is 1. The SMILES string of the molecule is C[C@@H]1CN(c2ccc(C(=O)Nc3cc(F)c4nn(C)cc4c3)c3nc(OCC4CCNC4)ncc23)C[C@H](C)N1. The summed E-state index contributed by atoms with van der Waals surface area (Å²) in [4.78, 5) is 25.1. The Morgan fingerprint density at radius 3 is 2.79 bits per heavy atom. The van der Waals surface area contributed by atoms with Crippen LogP contribution in [0.4, 0.5) is 15.8 Å². The molecule has 2 aromatic heterocycles. The van der Waals surface area contributed by atoms with Crippen molar-refractivity contribution in [3.8, 4) is 6.01 Å². The number of nitrogens with zero attached hydrogens (tertiary/aromatic N) is 5. The van der Waals surface area contributed by atoms with Crippen molar-refractivity contribution < 1.29 is 13.9 Å². The zero-order valence-electron chi connectivity index (χ0n) is 22.4. The molecule has 0 bridgehead atoms. The van der Waals surface area contributed by atoms with Crippen molar-refractivity contribution in [2.24, 2.45) is 13.0 Å². The first-order valence-corrected chi connectivity index (χ1v) is 13.4. The maximum atomic E-state index is 14.7. The number of aromatic nitrogens is 4. The number of hydrogen-bond donors (Lipinski definition) is 3. The maximum Gasteiger partial charge on any atom is 0.316 e. The molecule has 3 N–H and O–H groups in total. The summed E-state index contributed by atoms with van der Waals surface area (Å²) in [7, 11) is 1.73. The van der Waals surface area contributed by atoms with Gasteiger partial charge < -0.3 is 25.6 Å². The van der Waals surface area contributed by atoms with Gasteiger partial charge in [0.25, 0.3) is 5.91 Å². The van der Waals surface area contributed by atoms with Crippen molar-refractivity contribution in [3.63, 3.8) is 0 Å². The summed E-state index contributed by atoms with van der Waals surface area (Å²) in [5, 5.41) is 15.3. The number of aryl methyl sites for hydroxylation is 1. The van der Waals surface area contributed by atoms with Crippen LogP contribution < -0.4 is 25.6 Å². The highest BCUT2D eigenvalue weighted by atomic mass is 19.1. The molecule has 0 saturated carbocycles. The van der Waals surface area contributed by atoms with Crippen molar-refractivity contribution in [1.29, 1.82) is 0 Å². The van der Waals surface area contributed by atoms with Crippen LogP contribution in [0.2, 0.25) is 0 Å². The fourth-order valence-corrected chi connectivity index (χ4v) is 5.67. The number of hydrogen-bond acceptors (Lipinski definition) is 8. The smallest absolute Gasteiger partial charge is 0.316 e. The van der Waals surface area contributed by atoms with E-state index in [0.717, 1.165) is 43.7 Å². The largest absolute Gasteiger partial charge is 0.463 e. The lowest BCUT2D eigenvalue weighted by Crippen LogP contribution is -2.54. The second kappa shape index (κ2) is 10.4. The molecule has 11 heteroatoms. The van der Waals surface area contributed by atoms with Gasteiger partial charge in [-0.2, -0.15) is 10.1 Å².